The van der Waals surface area contributed by atoms with Gasteiger partial charge in [-0.05, 0) is 43.7 Å². The van der Waals surface area contributed by atoms with Crippen LogP contribution in [0.1, 0.15) is 58.8 Å². The first kappa shape index (κ1) is 26.0. The van der Waals surface area contributed by atoms with Crippen LogP contribution in [0, 0.1) is 5.92 Å². The van der Waals surface area contributed by atoms with Crippen molar-refractivity contribution in [1.82, 2.24) is 29.7 Å². The lowest BCUT2D eigenvalue weighted by Crippen LogP contribution is -2.49. The van der Waals surface area contributed by atoms with Crippen molar-refractivity contribution in [3.63, 3.8) is 0 Å². The average Bonchev–Trinajstić information content (AvgIpc) is 3.69. The number of H-pyrrole nitrogens is 1. The molecular formula is C28H34ClN7O3. The number of imidazole rings is 1. The molecule has 10 nitrogen and oxygen atoms in total. The van der Waals surface area contributed by atoms with E-state index in [1.807, 2.05) is 12.1 Å². The molecule has 206 valence electrons. The molecule has 0 amide bonds. The normalized spacial score (nSPS) is 20.0. The Bertz CT molecular complexity index is 1510. The van der Waals surface area contributed by atoms with E-state index in [-0.39, 0.29) is 11.9 Å². The van der Waals surface area contributed by atoms with Crippen molar-refractivity contribution in [1.29, 1.82) is 0 Å². The van der Waals surface area contributed by atoms with Gasteiger partial charge in [-0.1, -0.05) is 49.9 Å². The minimum absolute atomic E-state index is 0.236. The molecule has 4 aromatic rings. The van der Waals surface area contributed by atoms with E-state index in [9.17, 15) is 4.79 Å². The summed E-state index contributed by atoms with van der Waals surface area (Å²) in [6.07, 6.45) is 11.5. The molecule has 0 bridgehead atoms. The van der Waals surface area contributed by atoms with Gasteiger partial charge in [-0.15, -0.1) is 0 Å². The van der Waals surface area contributed by atoms with Crippen LogP contribution in [0.15, 0.2) is 33.8 Å². The van der Waals surface area contributed by atoms with Crippen LogP contribution in [0.2, 0.25) is 5.02 Å². The molecular weight excluding hydrogens is 518 g/mol. The number of nitrogens with zero attached hydrogens (tertiary/aromatic N) is 6. The van der Waals surface area contributed by atoms with Crippen LogP contribution in [-0.2, 0) is 11.3 Å². The predicted octanol–water partition coefficient (Wildman–Crippen LogP) is 5.46. The van der Waals surface area contributed by atoms with Gasteiger partial charge in [-0.25, -0.2) is 14.8 Å². The minimum atomic E-state index is -0.633. The summed E-state index contributed by atoms with van der Waals surface area (Å²) in [5, 5.41) is 4.41. The number of nitrogens with one attached hydrogen (secondary N) is 1. The smallest absolute Gasteiger partial charge is 0.374 e. The molecule has 2 aliphatic rings. The van der Waals surface area contributed by atoms with E-state index in [2.05, 4.69) is 38.4 Å². The number of anilines is 1. The minimum Gasteiger partial charge on any atom is -0.374 e. The molecule has 1 N–H and O–H groups in total. The number of morpholine rings is 1. The number of rotatable bonds is 9. The molecule has 0 aromatic carbocycles. The number of fused-ring (bicyclic) bond motifs is 2. The van der Waals surface area contributed by atoms with Gasteiger partial charge < -0.3 is 14.2 Å². The molecule has 1 aliphatic heterocycles. The molecule has 1 aliphatic carbocycles. The highest BCUT2D eigenvalue weighted by atomic mass is 35.5. The zero-order valence-corrected chi connectivity index (χ0v) is 23.2. The number of hydrogen-bond donors (Lipinski definition) is 1. The first-order valence-corrected chi connectivity index (χ1v) is 14.4. The highest BCUT2D eigenvalue weighted by Gasteiger charge is 2.38. The van der Waals surface area contributed by atoms with Crippen molar-refractivity contribution in [2.45, 2.75) is 77.5 Å². The number of pyridine rings is 2. The van der Waals surface area contributed by atoms with Crippen molar-refractivity contribution in [2.24, 2.45) is 5.92 Å². The van der Waals surface area contributed by atoms with Crippen molar-refractivity contribution in [2.75, 3.05) is 18.1 Å². The second-order valence-electron chi connectivity index (χ2n) is 10.6. The average molecular weight is 552 g/mol. The van der Waals surface area contributed by atoms with Gasteiger partial charge in [0.15, 0.2) is 0 Å². The summed E-state index contributed by atoms with van der Waals surface area (Å²) in [6, 6.07) is 4.05. The molecule has 1 saturated heterocycles. The number of halogens is 1. The Morgan fingerprint density at radius 3 is 2.87 bits per heavy atom. The summed E-state index contributed by atoms with van der Waals surface area (Å²) in [4.78, 5) is 31.4. The molecule has 0 spiro atoms. The first-order valence-electron chi connectivity index (χ1n) is 14.0. The molecule has 11 heteroatoms. The molecule has 4 aromatic heterocycles. The maximum atomic E-state index is 11.8. The number of aromatic amines is 1. The molecule has 5 heterocycles. The highest BCUT2D eigenvalue weighted by Crippen LogP contribution is 2.38. The van der Waals surface area contributed by atoms with Crippen LogP contribution in [0.25, 0.3) is 33.8 Å². The van der Waals surface area contributed by atoms with Gasteiger partial charge in [0.05, 0.1) is 40.5 Å². The summed E-state index contributed by atoms with van der Waals surface area (Å²) in [6.45, 7) is 6.82. The lowest BCUT2D eigenvalue weighted by atomic mass is 9.99. The standard InChI is InChI=1S/C28H34ClN7O3/c1-3-5-7-17(4-2)16-36-25-20(32-27(36)35-10-11-38-23-9-6-8-22(23)35)13-21(26-33-28(37)39-34-26)31-24(25)18-12-19(29)15-30-14-18/h12-15,17,22-23H,3-11,16H2,1-2H3,(H,33,34,37). The van der Waals surface area contributed by atoms with Crippen LogP contribution in [0.5, 0.6) is 0 Å². The second kappa shape index (κ2) is 11.1. The first-order chi connectivity index (χ1) is 19.1. The fourth-order valence-corrected chi connectivity index (χ4v) is 6.26. The number of ether oxygens (including phenoxy) is 1. The zero-order valence-electron chi connectivity index (χ0n) is 22.4. The Labute approximate surface area is 231 Å². The van der Waals surface area contributed by atoms with E-state index >= 15 is 0 Å². The topological polar surface area (TPSA) is 115 Å². The maximum Gasteiger partial charge on any atom is 0.439 e. The fraction of sp³-hybridized carbons (Fsp3) is 0.536. The van der Waals surface area contributed by atoms with Crippen molar-refractivity contribution in [3.8, 4) is 22.8 Å². The van der Waals surface area contributed by atoms with E-state index in [0.29, 0.717) is 35.0 Å². The molecule has 2 fully saturated rings. The third kappa shape index (κ3) is 5.07. The summed E-state index contributed by atoms with van der Waals surface area (Å²) < 4.78 is 13.3. The van der Waals surface area contributed by atoms with Crippen molar-refractivity contribution in [3.05, 3.63) is 40.1 Å². The Kier molecular flexibility index (Phi) is 7.40. The summed E-state index contributed by atoms with van der Waals surface area (Å²) in [5.41, 5.74) is 3.65. The van der Waals surface area contributed by atoms with Gasteiger partial charge in [0.1, 0.15) is 5.69 Å². The molecule has 3 unspecified atom stereocenters. The number of unbranched alkanes of at least 4 members (excludes halogenated alkanes) is 1. The number of hydrogen-bond acceptors (Lipinski definition) is 8. The predicted molar refractivity (Wildman–Crippen MR) is 150 cm³/mol. The zero-order chi connectivity index (χ0) is 26.9. The Balaban J connectivity index is 1.58. The monoisotopic (exact) mass is 551 g/mol. The van der Waals surface area contributed by atoms with Crippen LogP contribution >= 0.6 is 11.6 Å². The summed E-state index contributed by atoms with van der Waals surface area (Å²) >= 11 is 6.39. The van der Waals surface area contributed by atoms with E-state index in [0.717, 1.165) is 67.7 Å². The molecule has 6 rings (SSSR count). The Morgan fingerprint density at radius 2 is 2.10 bits per heavy atom. The third-order valence-electron chi connectivity index (χ3n) is 8.09. The van der Waals surface area contributed by atoms with Gasteiger partial charge in [-0.2, -0.15) is 0 Å². The van der Waals surface area contributed by atoms with Gasteiger partial charge in [-0.3, -0.25) is 14.5 Å². The third-order valence-corrected chi connectivity index (χ3v) is 8.30. The van der Waals surface area contributed by atoms with Crippen molar-refractivity contribution < 1.29 is 9.26 Å². The number of aromatic nitrogens is 6. The van der Waals surface area contributed by atoms with E-state index in [1.165, 1.54) is 12.8 Å². The molecule has 3 atom stereocenters. The van der Waals surface area contributed by atoms with E-state index in [1.54, 1.807) is 12.4 Å². The van der Waals surface area contributed by atoms with Crippen LogP contribution in [0.3, 0.4) is 0 Å². The van der Waals surface area contributed by atoms with Gasteiger partial charge >= 0.3 is 5.76 Å². The lowest BCUT2D eigenvalue weighted by molar-refractivity contribution is 0.0247. The van der Waals surface area contributed by atoms with Gasteiger partial charge in [0.2, 0.25) is 11.8 Å². The molecule has 0 radical (unpaired) electrons. The van der Waals surface area contributed by atoms with Gasteiger partial charge in [0, 0.05) is 31.0 Å². The van der Waals surface area contributed by atoms with E-state index in [4.69, 9.17) is 30.8 Å². The maximum absolute atomic E-state index is 11.8. The van der Waals surface area contributed by atoms with E-state index < -0.39 is 5.76 Å². The molecule has 1 saturated carbocycles. The lowest BCUT2D eigenvalue weighted by Gasteiger charge is -2.38. The quantitative estimate of drug-likeness (QED) is 0.291. The Morgan fingerprint density at radius 1 is 1.21 bits per heavy atom. The SMILES string of the molecule is CCCCC(CC)Cn1c(N2CCOC3CCCC32)nc2cc(-c3noc(=O)[nH]3)nc(-c3cncc(Cl)c3)c21. The van der Waals surface area contributed by atoms with Crippen LogP contribution in [-0.4, -0.2) is 55.0 Å². The summed E-state index contributed by atoms with van der Waals surface area (Å²) in [7, 11) is 0. The van der Waals surface area contributed by atoms with Crippen LogP contribution < -0.4 is 10.7 Å². The fourth-order valence-electron chi connectivity index (χ4n) is 6.09. The molecule has 39 heavy (non-hydrogen) atoms. The van der Waals surface area contributed by atoms with Crippen molar-refractivity contribution >= 4 is 28.6 Å². The summed E-state index contributed by atoms with van der Waals surface area (Å²) in [5.74, 6) is 1.07. The Hall–Kier alpha value is -3.24. The van der Waals surface area contributed by atoms with Gasteiger partial charge in [0.25, 0.3) is 0 Å². The largest absolute Gasteiger partial charge is 0.439 e. The van der Waals surface area contributed by atoms with Crippen LogP contribution in [0.4, 0.5) is 5.95 Å². The highest BCUT2D eigenvalue weighted by molar-refractivity contribution is 6.30. The second-order valence-corrected chi connectivity index (χ2v) is 11.0.